The van der Waals surface area contributed by atoms with Crippen LogP contribution in [-0.4, -0.2) is 54.9 Å². The monoisotopic (exact) mass is 414 g/mol. The molecule has 28 heavy (non-hydrogen) atoms. The van der Waals surface area contributed by atoms with Crippen molar-refractivity contribution in [3.63, 3.8) is 0 Å². The summed E-state index contributed by atoms with van der Waals surface area (Å²) in [5, 5.41) is 10.7. The van der Waals surface area contributed by atoms with E-state index >= 15 is 0 Å². The van der Waals surface area contributed by atoms with E-state index in [2.05, 4.69) is 0 Å². The zero-order valence-electron chi connectivity index (χ0n) is 17.2. The molecule has 0 aromatic heterocycles. The predicted octanol–water partition coefficient (Wildman–Crippen LogP) is 2.03. The average Bonchev–Trinajstić information content (AvgIpc) is 2.65. The molecule has 158 valence electrons. The quantitative estimate of drug-likeness (QED) is 0.765. The van der Waals surface area contributed by atoms with Gasteiger partial charge in [-0.25, -0.2) is 0 Å². The van der Waals surface area contributed by atoms with Gasteiger partial charge in [-0.3, -0.25) is 4.79 Å². The minimum Gasteiger partial charge on any atom is -0.496 e. The maximum Gasteiger partial charge on any atom is 0.243 e. The number of aliphatic hydroxyl groups is 1. The zero-order valence-corrected chi connectivity index (χ0v) is 18.0. The third-order valence-corrected chi connectivity index (χ3v) is 6.29. The number of carbonyl (C=O) groups excluding carboxylic acids is 1. The predicted molar refractivity (Wildman–Crippen MR) is 108 cm³/mol. The van der Waals surface area contributed by atoms with Gasteiger partial charge in [-0.15, -0.1) is 12.4 Å². The Morgan fingerprint density at radius 1 is 1.29 bits per heavy atom. The van der Waals surface area contributed by atoms with E-state index < -0.39 is 17.1 Å². The van der Waals surface area contributed by atoms with Crippen molar-refractivity contribution in [2.45, 2.75) is 51.5 Å². The molecule has 0 bridgehead atoms. The molecule has 2 aliphatic rings. The minimum absolute atomic E-state index is 0. The van der Waals surface area contributed by atoms with Gasteiger partial charge in [0, 0.05) is 36.1 Å². The molecule has 1 fully saturated rings. The Kier molecular flexibility index (Phi) is 6.55. The lowest BCUT2D eigenvalue weighted by molar-refractivity contribution is -0.181. The number of aliphatic hydroxyl groups excluding tert-OH is 1. The number of halogens is 1. The van der Waals surface area contributed by atoms with E-state index in [1.807, 2.05) is 20.8 Å². The van der Waals surface area contributed by atoms with Gasteiger partial charge in [0.1, 0.15) is 23.1 Å². The highest BCUT2D eigenvalue weighted by Crippen LogP contribution is 2.51. The van der Waals surface area contributed by atoms with Gasteiger partial charge in [0.15, 0.2) is 0 Å². The van der Waals surface area contributed by atoms with Gasteiger partial charge < -0.3 is 30.0 Å². The lowest BCUT2D eigenvalue weighted by Gasteiger charge is -2.59. The number of fused-ring (bicyclic) bond motifs is 1. The van der Waals surface area contributed by atoms with Crippen LogP contribution in [0.2, 0.25) is 0 Å². The normalized spacial score (nSPS) is 27.9. The molecule has 3 rings (SSSR count). The number of hydrogen-bond acceptors (Lipinski definition) is 6. The highest BCUT2D eigenvalue weighted by molar-refractivity contribution is 5.89. The lowest BCUT2D eigenvalue weighted by atomic mass is 9.54. The van der Waals surface area contributed by atoms with Crippen molar-refractivity contribution in [1.29, 1.82) is 0 Å². The molecule has 3 unspecified atom stereocenters. The fraction of sp³-hybridized carbons (Fsp3) is 0.650. The van der Waals surface area contributed by atoms with E-state index in [1.54, 1.807) is 31.3 Å². The van der Waals surface area contributed by atoms with Crippen LogP contribution in [0.25, 0.3) is 0 Å². The molecule has 1 saturated carbocycles. The summed E-state index contributed by atoms with van der Waals surface area (Å²) in [4.78, 5) is 15.0. The van der Waals surface area contributed by atoms with Crippen LogP contribution in [0.1, 0.15) is 44.4 Å². The molecule has 1 heterocycles. The summed E-state index contributed by atoms with van der Waals surface area (Å²) in [5.41, 5.74) is 6.49. The smallest absolute Gasteiger partial charge is 0.243 e. The third kappa shape index (κ3) is 3.24. The number of methoxy groups -OCH3 is 2. The van der Waals surface area contributed by atoms with Crippen LogP contribution < -0.4 is 15.2 Å². The Labute approximate surface area is 172 Å². The van der Waals surface area contributed by atoms with Gasteiger partial charge in [0.05, 0.1) is 26.9 Å². The first-order valence-corrected chi connectivity index (χ1v) is 9.32. The summed E-state index contributed by atoms with van der Waals surface area (Å²) >= 11 is 0. The Morgan fingerprint density at radius 2 is 1.89 bits per heavy atom. The van der Waals surface area contributed by atoms with Gasteiger partial charge in [-0.05, 0) is 19.1 Å². The van der Waals surface area contributed by atoms with Crippen LogP contribution in [0, 0.1) is 5.41 Å². The Balaban J connectivity index is 0.00000280. The largest absolute Gasteiger partial charge is 0.496 e. The summed E-state index contributed by atoms with van der Waals surface area (Å²) in [5.74, 6) is 1.04. The summed E-state index contributed by atoms with van der Waals surface area (Å²) in [7, 11) is 3.13. The summed E-state index contributed by atoms with van der Waals surface area (Å²) in [6, 6.07) is 3.56. The fourth-order valence-electron chi connectivity index (χ4n) is 4.31. The highest BCUT2D eigenvalue weighted by Gasteiger charge is 2.64. The van der Waals surface area contributed by atoms with Gasteiger partial charge in [0.25, 0.3) is 0 Å². The zero-order chi connectivity index (χ0) is 20.0. The van der Waals surface area contributed by atoms with Gasteiger partial charge in [-0.1, -0.05) is 13.8 Å². The van der Waals surface area contributed by atoms with E-state index in [1.165, 1.54) is 0 Å². The minimum atomic E-state index is -1.02. The van der Waals surface area contributed by atoms with Crippen molar-refractivity contribution >= 4 is 18.3 Å². The van der Waals surface area contributed by atoms with Crippen LogP contribution >= 0.6 is 12.4 Å². The Bertz CT molecular complexity index is 742. The number of carbonyl (C=O) groups is 1. The number of hydrogen-bond donors (Lipinski definition) is 2. The highest BCUT2D eigenvalue weighted by atomic mass is 35.5. The third-order valence-electron chi connectivity index (χ3n) is 6.29. The molecular weight excluding hydrogens is 384 g/mol. The first-order valence-electron chi connectivity index (χ1n) is 9.32. The summed E-state index contributed by atoms with van der Waals surface area (Å²) < 4.78 is 16.6. The summed E-state index contributed by atoms with van der Waals surface area (Å²) in [6.45, 7) is 6.94. The second-order valence-electron chi connectivity index (χ2n) is 7.90. The maximum atomic E-state index is 13.3. The molecule has 1 aliphatic heterocycles. The number of amides is 1. The van der Waals surface area contributed by atoms with Crippen LogP contribution in [0.5, 0.6) is 11.5 Å². The molecule has 1 amide bonds. The van der Waals surface area contributed by atoms with E-state index in [0.717, 1.165) is 5.56 Å². The van der Waals surface area contributed by atoms with Crippen molar-refractivity contribution < 1.29 is 24.1 Å². The SMILES string of the molecule is CCOC1CC(N)(C(=O)N2Cc3c(OC)ccc(OC)c3C(O)C2)C1(C)C.Cl. The van der Waals surface area contributed by atoms with Crippen LogP contribution in [0.15, 0.2) is 12.1 Å². The first kappa shape index (κ1) is 22.7. The van der Waals surface area contributed by atoms with Crippen LogP contribution in [-0.2, 0) is 16.1 Å². The second kappa shape index (κ2) is 8.06. The number of ether oxygens (including phenoxy) is 3. The molecule has 0 saturated heterocycles. The van der Waals surface area contributed by atoms with Gasteiger partial charge in [-0.2, -0.15) is 0 Å². The Morgan fingerprint density at radius 3 is 2.43 bits per heavy atom. The van der Waals surface area contributed by atoms with Gasteiger partial charge >= 0.3 is 0 Å². The van der Waals surface area contributed by atoms with Crippen LogP contribution in [0.4, 0.5) is 0 Å². The van der Waals surface area contributed by atoms with Crippen LogP contribution in [0.3, 0.4) is 0 Å². The molecule has 7 nitrogen and oxygen atoms in total. The fourth-order valence-corrected chi connectivity index (χ4v) is 4.31. The number of benzene rings is 1. The average molecular weight is 415 g/mol. The lowest BCUT2D eigenvalue weighted by Crippen LogP contribution is -2.76. The first-order chi connectivity index (χ1) is 12.7. The second-order valence-corrected chi connectivity index (χ2v) is 7.90. The maximum absolute atomic E-state index is 13.3. The molecule has 1 aliphatic carbocycles. The number of nitrogens with two attached hydrogens (primary N) is 1. The molecule has 3 N–H and O–H groups in total. The molecule has 8 heteroatoms. The molecular formula is C20H31ClN2O5. The van der Waals surface area contributed by atoms with Crippen molar-refractivity contribution in [2.75, 3.05) is 27.4 Å². The van der Waals surface area contributed by atoms with Crippen molar-refractivity contribution in [3.8, 4) is 11.5 Å². The standard InChI is InChI=1S/C20H30N2O5.ClH/c1-6-27-16-9-20(21,19(16,2)3)18(24)22-10-12-14(25-4)7-8-15(26-5)17(12)13(23)11-22;/h7-8,13,16,23H,6,9-11,21H2,1-5H3;1H. The molecule has 0 radical (unpaired) electrons. The Hall–Kier alpha value is -1.54. The molecule has 1 aromatic rings. The van der Waals surface area contributed by atoms with Crippen molar-refractivity contribution in [2.24, 2.45) is 11.1 Å². The van der Waals surface area contributed by atoms with E-state index in [4.69, 9.17) is 19.9 Å². The topological polar surface area (TPSA) is 94.3 Å². The van der Waals surface area contributed by atoms with Crippen molar-refractivity contribution in [3.05, 3.63) is 23.3 Å². The number of β-amino-alcohol motifs (C(OH)–C–C–N with tert-alkyl or cyclic N) is 1. The van der Waals surface area contributed by atoms with E-state index in [0.29, 0.717) is 36.6 Å². The number of rotatable bonds is 5. The van der Waals surface area contributed by atoms with E-state index in [9.17, 15) is 9.90 Å². The molecule has 1 aromatic carbocycles. The van der Waals surface area contributed by atoms with E-state index in [-0.39, 0.29) is 31.0 Å². The molecule has 3 atom stereocenters. The molecule has 0 spiro atoms. The summed E-state index contributed by atoms with van der Waals surface area (Å²) in [6.07, 6.45) is -0.438. The number of nitrogens with zero attached hydrogens (tertiary/aromatic N) is 1. The van der Waals surface area contributed by atoms with Gasteiger partial charge in [0.2, 0.25) is 5.91 Å². The van der Waals surface area contributed by atoms with Crippen molar-refractivity contribution in [1.82, 2.24) is 4.90 Å².